The quantitative estimate of drug-likeness (QED) is 0.564. The van der Waals surface area contributed by atoms with E-state index in [2.05, 4.69) is 15.5 Å². The molecule has 0 aliphatic rings. The van der Waals surface area contributed by atoms with Crippen LogP contribution in [0.25, 0.3) is 11.4 Å². The molecule has 7 nitrogen and oxygen atoms in total. The van der Waals surface area contributed by atoms with Crippen molar-refractivity contribution in [2.75, 3.05) is 19.8 Å². The van der Waals surface area contributed by atoms with Gasteiger partial charge in [-0.1, -0.05) is 22.8 Å². The summed E-state index contributed by atoms with van der Waals surface area (Å²) in [6.45, 7) is 5.38. The maximum atomic E-state index is 12.3. The summed E-state index contributed by atoms with van der Waals surface area (Å²) >= 11 is 5.87. The van der Waals surface area contributed by atoms with Gasteiger partial charge in [0.15, 0.2) is 11.5 Å². The highest BCUT2D eigenvalue weighted by Gasteiger charge is 2.16. The molecule has 0 fully saturated rings. The minimum Gasteiger partial charge on any atom is -0.490 e. The van der Waals surface area contributed by atoms with Crippen LogP contribution in [0.15, 0.2) is 47.0 Å². The molecule has 2 aromatic carbocycles. The van der Waals surface area contributed by atoms with E-state index in [4.69, 9.17) is 25.6 Å². The molecule has 0 bridgehead atoms. The van der Waals surface area contributed by atoms with Crippen molar-refractivity contribution in [2.45, 2.75) is 20.3 Å². The molecule has 3 aromatic rings. The second-order valence-corrected chi connectivity index (χ2v) is 6.52. The Hall–Kier alpha value is -3.06. The Morgan fingerprint density at radius 1 is 1.07 bits per heavy atom. The summed E-state index contributed by atoms with van der Waals surface area (Å²) in [5.74, 6) is 1.23. The summed E-state index contributed by atoms with van der Waals surface area (Å²) in [5, 5.41) is 7.23. The molecule has 1 heterocycles. The molecule has 0 saturated carbocycles. The van der Waals surface area contributed by atoms with Crippen LogP contribution < -0.4 is 14.8 Å². The van der Waals surface area contributed by atoms with Gasteiger partial charge in [0.25, 0.3) is 0 Å². The normalized spacial score (nSPS) is 10.6. The zero-order valence-electron chi connectivity index (χ0n) is 16.3. The fourth-order valence-electron chi connectivity index (χ4n) is 2.68. The molecule has 0 saturated heterocycles. The summed E-state index contributed by atoms with van der Waals surface area (Å²) in [6.07, 6.45) is 0.621. The monoisotopic (exact) mass is 415 g/mol. The Bertz CT molecular complexity index is 957. The van der Waals surface area contributed by atoms with Crippen molar-refractivity contribution in [3.63, 3.8) is 0 Å². The third-order valence-corrected chi connectivity index (χ3v) is 4.28. The summed E-state index contributed by atoms with van der Waals surface area (Å²) in [5.41, 5.74) is 1.74. The molecular weight excluding hydrogens is 394 g/mol. The van der Waals surface area contributed by atoms with Crippen LogP contribution in [0.3, 0.4) is 0 Å². The number of nitrogens with one attached hydrogen (secondary N) is 1. The largest absolute Gasteiger partial charge is 0.490 e. The molecule has 0 aliphatic carbocycles. The fraction of sp³-hybridized carbons (Fsp3) is 0.286. The van der Waals surface area contributed by atoms with E-state index < -0.39 is 5.91 Å². The second-order valence-electron chi connectivity index (χ2n) is 6.08. The molecule has 3 rings (SSSR count). The van der Waals surface area contributed by atoms with Crippen molar-refractivity contribution < 1.29 is 18.8 Å². The van der Waals surface area contributed by atoms with Gasteiger partial charge in [0.05, 0.1) is 13.2 Å². The number of carbonyl (C=O) groups is 1. The van der Waals surface area contributed by atoms with Crippen LogP contribution in [0.4, 0.5) is 0 Å². The van der Waals surface area contributed by atoms with E-state index in [-0.39, 0.29) is 5.89 Å². The predicted molar refractivity (Wildman–Crippen MR) is 110 cm³/mol. The van der Waals surface area contributed by atoms with Crippen LogP contribution in [-0.4, -0.2) is 35.8 Å². The molecule has 1 N–H and O–H groups in total. The molecule has 0 aliphatic heterocycles. The van der Waals surface area contributed by atoms with Crippen molar-refractivity contribution >= 4 is 17.5 Å². The highest BCUT2D eigenvalue weighted by molar-refractivity contribution is 6.30. The first kappa shape index (κ1) is 20.7. The number of amides is 1. The van der Waals surface area contributed by atoms with Crippen LogP contribution >= 0.6 is 11.6 Å². The van der Waals surface area contributed by atoms with Crippen molar-refractivity contribution in [3.05, 3.63) is 58.9 Å². The summed E-state index contributed by atoms with van der Waals surface area (Å²) in [6, 6.07) is 12.7. The number of benzene rings is 2. The van der Waals surface area contributed by atoms with Crippen LogP contribution in [0.5, 0.6) is 11.5 Å². The van der Waals surface area contributed by atoms with Gasteiger partial charge in [0, 0.05) is 17.1 Å². The Kier molecular flexibility index (Phi) is 7.08. The van der Waals surface area contributed by atoms with Gasteiger partial charge in [-0.2, -0.15) is 4.98 Å². The molecular formula is C21H22ClN3O4. The third-order valence-electron chi connectivity index (χ3n) is 4.03. The third kappa shape index (κ3) is 5.48. The number of halogens is 1. The molecule has 152 valence electrons. The number of hydrogen-bond donors (Lipinski definition) is 1. The van der Waals surface area contributed by atoms with Gasteiger partial charge in [-0.15, -0.1) is 0 Å². The molecule has 0 spiro atoms. The zero-order chi connectivity index (χ0) is 20.6. The van der Waals surface area contributed by atoms with Gasteiger partial charge in [-0.3, -0.25) is 4.79 Å². The van der Waals surface area contributed by atoms with E-state index in [1.807, 2.05) is 32.0 Å². The number of rotatable bonds is 9. The lowest BCUT2D eigenvalue weighted by atomic mass is 10.1. The van der Waals surface area contributed by atoms with Gasteiger partial charge in [-0.25, -0.2) is 0 Å². The standard InChI is InChI=1S/C21H22ClN3O4/c1-3-27-17-10-5-14(13-18(17)28-4-2)11-12-23-20(26)21-24-19(25-29-21)15-6-8-16(22)9-7-15/h5-10,13H,3-4,11-12H2,1-2H3,(H,23,26). The first-order valence-corrected chi connectivity index (χ1v) is 9.74. The Morgan fingerprint density at radius 2 is 1.79 bits per heavy atom. The molecule has 1 amide bonds. The van der Waals surface area contributed by atoms with Crippen LogP contribution in [0.1, 0.15) is 30.1 Å². The Labute approximate surface area is 174 Å². The van der Waals surface area contributed by atoms with Gasteiger partial charge in [0.1, 0.15) is 0 Å². The van der Waals surface area contributed by atoms with E-state index in [1.54, 1.807) is 24.3 Å². The molecule has 0 atom stereocenters. The Morgan fingerprint density at radius 3 is 2.52 bits per heavy atom. The number of hydrogen-bond acceptors (Lipinski definition) is 6. The average molecular weight is 416 g/mol. The minimum atomic E-state index is -0.423. The topological polar surface area (TPSA) is 86.5 Å². The van der Waals surface area contributed by atoms with E-state index in [0.29, 0.717) is 48.5 Å². The molecule has 1 aromatic heterocycles. The number of nitrogens with zero attached hydrogens (tertiary/aromatic N) is 2. The van der Waals surface area contributed by atoms with Gasteiger partial charge >= 0.3 is 11.8 Å². The maximum Gasteiger partial charge on any atom is 0.316 e. The average Bonchev–Trinajstić information content (AvgIpc) is 3.21. The van der Waals surface area contributed by atoms with Crippen molar-refractivity contribution in [1.29, 1.82) is 0 Å². The summed E-state index contributed by atoms with van der Waals surface area (Å²) in [7, 11) is 0. The highest BCUT2D eigenvalue weighted by atomic mass is 35.5. The molecule has 0 radical (unpaired) electrons. The van der Waals surface area contributed by atoms with Crippen LogP contribution in [0, 0.1) is 0 Å². The molecule has 8 heteroatoms. The minimum absolute atomic E-state index is 0.0864. The fourth-order valence-corrected chi connectivity index (χ4v) is 2.80. The number of aromatic nitrogens is 2. The lowest BCUT2D eigenvalue weighted by Crippen LogP contribution is -2.26. The first-order valence-electron chi connectivity index (χ1n) is 9.37. The van der Waals surface area contributed by atoms with Crippen molar-refractivity contribution in [1.82, 2.24) is 15.5 Å². The maximum absolute atomic E-state index is 12.3. The van der Waals surface area contributed by atoms with E-state index in [0.717, 1.165) is 11.1 Å². The predicted octanol–water partition coefficient (Wildman–Crippen LogP) is 4.16. The SMILES string of the molecule is CCOc1ccc(CCNC(=O)c2nc(-c3ccc(Cl)cc3)no2)cc1OCC. The Balaban J connectivity index is 1.57. The van der Waals surface area contributed by atoms with Gasteiger partial charge < -0.3 is 19.3 Å². The molecule has 0 unspecified atom stereocenters. The number of ether oxygens (including phenoxy) is 2. The lowest BCUT2D eigenvalue weighted by molar-refractivity contribution is 0.0910. The highest BCUT2D eigenvalue weighted by Crippen LogP contribution is 2.28. The van der Waals surface area contributed by atoms with Crippen molar-refractivity contribution in [2.24, 2.45) is 0 Å². The lowest BCUT2D eigenvalue weighted by Gasteiger charge is -2.12. The zero-order valence-corrected chi connectivity index (χ0v) is 17.0. The van der Waals surface area contributed by atoms with Gasteiger partial charge in [-0.05, 0) is 62.2 Å². The smallest absolute Gasteiger partial charge is 0.316 e. The van der Waals surface area contributed by atoms with Gasteiger partial charge in [0.2, 0.25) is 5.82 Å². The van der Waals surface area contributed by atoms with E-state index >= 15 is 0 Å². The second kappa shape index (κ2) is 9.93. The van der Waals surface area contributed by atoms with Crippen molar-refractivity contribution in [3.8, 4) is 22.9 Å². The van der Waals surface area contributed by atoms with Crippen LogP contribution in [-0.2, 0) is 6.42 Å². The number of carbonyl (C=O) groups excluding carboxylic acids is 1. The molecule has 29 heavy (non-hydrogen) atoms. The van der Waals surface area contributed by atoms with Crippen LogP contribution in [0.2, 0.25) is 5.02 Å². The summed E-state index contributed by atoms with van der Waals surface area (Å²) < 4.78 is 16.3. The summed E-state index contributed by atoms with van der Waals surface area (Å²) in [4.78, 5) is 16.4. The van der Waals surface area contributed by atoms with E-state index in [1.165, 1.54) is 0 Å². The first-order chi connectivity index (χ1) is 14.1. The van der Waals surface area contributed by atoms with E-state index in [9.17, 15) is 4.79 Å².